The Bertz CT molecular complexity index is 392. The van der Waals surface area contributed by atoms with Crippen LogP contribution in [0, 0.1) is 0 Å². The van der Waals surface area contributed by atoms with Gasteiger partial charge in [0.2, 0.25) is 0 Å². The van der Waals surface area contributed by atoms with Gasteiger partial charge < -0.3 is 0 Å². The summed E-state index contributed by atoms with van der Waals surface area (Å²) in [6.45, 7) is 6.17. The fraction of sp³-hybridized carbons (Fsp3) is 0.500. The number of para-hydroxylation sites is 1. The molecule has 16 heavy (non-hydrogen) atoms. The Morgan fingerprint density at radius 1 is 1.44 bits per heavy atom. The zero-order chi connectivity index (χ0) is 11.5. The van der Waals surface area contributed by atoms with Gasteiger partial charge in [-0.15, -0.1) is 0 Å². The monoisotopic (exact) mass is 286 g/mol. The van der Waals surface area contributed by atoms with Crippen molar-refractivity contribution in [2.24, 2.45) is 0 Å². The molecule has 1 N–H and O–H groups in total. The van der Waals surface area contributed by atoms with Crippen molar-refractivity contribution in [3.8, 4) is 0 Å². The van der Waals surface area contributed by atoms with Crippen LogP contribution in [0.5, 0.6) is 0 Å². The van der Waals surface area contributed by atoms with Gasteiger partial charge in [-0.25, -0.2) is 0 Å². The number of nitrogens with one attached hydrogen (secondary N) is 1. The average molecular weight is 285 g/mol. The van der Waals surface area contributed by atoms with Crippen LogP contribution in [-0.4, -0.2) is 38.4 Å². The fourth-order valence-electron chi connectivity index (χ4n) is 1.86. The maximum absolute atomic E-state index is 11.9. The van der Waals surface area contributed by atoms with Gasteiger partial charge in [-0.3, -0.25) is 0 Å². The molecule has 1 unspecified atom stereocenters. The molecule has 0 aliphatic carbocycles. The summed E-state index contributed by atoms with van der Waals surface area (Å²) in [5.74, 6) is 0. The third-order valence-electron chi connectivity index (χ3n) is 2.66. The molecule has 2 rings (SSSR count). The summed E-state index contributed by atoms with van der Waals surface area (Å²) in [6, 6.07) is 8.58. The molecule has 1 heterocycles. The number of hydrogen-bond acceptors (Lipinski definition) is 3. The number of nitrogens with zero attached hydrogens (tertiary/aromatic N) is 1. The van der Waals surface area contributed by atoms with Crippen LogP contribution in [0.3, 0.4) is 0 Å². The van der Waals surface area contributed by atoms with E-state index in [0.717, 1.165) is 23.0 Å². The van der Waals surface area contributed by atoms with Gasteiger partial charge in [0.1, 0.15) is 0 Å². The van der Waals surface area contributed by atoms with E-state index in [4.69, 9.17) is 0 Å². The number of hydrogen-bond donors (Lipinski definition) is 1. The van der Waals surface area contributed by atoms with Crippen LogP contribution in [0.4, 0.5) is 5.69 Å². The predicted molar refractivity (Wildman–Crippen MR) is 67.9 cm³/mol. The molecule has 0 bridgehead atoms. The Kier molecular flexibility index (Phi) is 3.74. The van der Waals surface area contributed by atoms with E-state index in [0.29, 0.717) is 6.04 Å². The van der Waals surface area contributed by atoms with Crippen LogP contribution in [-0.2, 0) is 3.83 Å². The molecule has 88 valence electrons. The topological polar surface area (TPSA) is 32.3 Å². The number of benzene rings is 1. The summed E-state index contributed by atoms with van der Waals surface area (Å²) in [6.07, 6.45) is 0. The second-order valence-corrected chi connectivity index (χ2v) is 7.23. The Hall–Kier alpha value is -0.701. The zero-order valence-corrected chi connectivity index (χ0v) is 11.5. The molecule has 1 aromatic rings. The van der Waals surface area contributed by atoms with Gasteiger partial charge in [0.15, 0.2) is 0 Å². The van der Waals surface area contributed by atoms with Gasteiger partial charge in [0.05, 0.1) is 0 Å². The quantitative estimate of drug-likeness (QED) is 0.826. The molecule has 0 saturated heterocycles. The average Bonchev–Trinajstić information content (AvgIpc) is 2.57. The van der Waals surface area contributed by atoms with Crippen LogP contribution in [0.15, 0.2) is 24.3 Å². The van der Waals surface area contributed by atoms with Gasteiger partial charge in [-0.05, 0) is 0 Å². The zero-order valence-electron chi connectivity index (χ0n) is 9.77. The molecular weight excluding hydrogens is 267 g/mol. The van der Waals surface area contributed by atoms with Crippen molar-refractivity contribution in [1.29, 1.82) is 0 Å². The minimum absolute atomic E-state index is 0.511. The molecule has 3 nitrogen and oxygen atoms in total. The molecule has 1 aliphatic rings. The van der Waals surface area contributed by atoms with Gasteiger partial charge >= 0.3 is 101 Å². The maximum atomic E-state index is 11.9. The molecule has 1 aliphatic heterocycles. The van der Waals surface area contributed by atoms with Gasteiger partial charge in [-0.1, -0.05) is 0 Å². The summed E-state index contributed by atoms with van der Waals surface area (Å²) in [7, 11) is 0. The first-order valence-electron chi connectivity index (χ1n) is 5.64. The van der Waals surface area contributed by atoms with Crippen LogP contribution in [0.25, 0.3) is 0 Å². The van der Waals surface area contributed by atoms with E-state index in [2.05, 4.69) is 30.1 Å². The molecule has 1 atom stereocenters. The molecule has 4 heteroatoms. The first kappa shape index (κ1) is 11.8. The summed E-state index contributed by atoms with van der Waals surface area (Å²) < 4.78 is 13.0. The van der Waals surface area contributed by atoms with Crippen LogP contribution >= 0.6 is 0 Å². The normalized spacial score (nSPS) is 19.2. The van der Waals surface area contributed by atoms with E-state index in [9.17, 15) is 3.83 Å². The molecule has 0 amide bonds. The first-order chi connectivity index (χ1) is 7.68. The molecular formula is C12H18N2OSe. The van der Waals surface area contributed by atoms with Crippen molar-refractivity contribution in [3.05, 3.63) is 24.3 Å². The second kappa shape index (κ2) is 5.09. The minimum atomic E-state index is -1.79. The number of rotatable bonds is 4. The van der Waals surface area contributed by atoms with Crippen molar-refractivity contribution in [2.45, 2.75) is 19.9 Å². The van der Waals surface area contributed by atoms with E-state index in [1.807, 2.05) is 18.2 Å². The third kappa shape index (κ3) is 2.51. The van der Waals surface area contributed by atoms with Gasteiger partial charge in [0, 0.05) is 0 Å². The fourth-order valence-corrected chi connectivity index (χ4v) is 4.70. The van der Waals surface area contributed by atoms with Crippen molar-refractivity contribution >= 4 is 24.0 Å². The molecule has 0 spiro atoms. The third-order valence-corrected chi connectivity index (χ3v) is 5.56. The standard InChI is InChI=1S/C12H18N2OSe/c1-10(2)13-7-8-14-9-16(15)12-6-4-3-5-11(12)14/h3-6,10,13H,7-9H2,1-2H3. The van der Waals surface area contributed by atoms with Crippen molar-refractivity contribution in [3.63, 3.8) is 0 Å². The van der Waals surface area contributed by atoms with Crippen molar-refractivity contribution in [1.82, 2.24) is 5.32 Å². The van der Waals surface area contributed by atoms with E-state index in [1.54, 1.807) is 0 Å². The second-order valence-electron chi connectivity index (χ2n) is 4.31. The summed E-state index contributed by atoms with van der Waals surface area (Å²) in [4.78, 5) is 2.24. The Labute approximate surface area is 101 Å². The van der Waals surface area contributed by atoms with Crippen LogP contribution in [0.1, 0.15) is 13.8 Å². The van der Waals surface area contributed by atoms with Crippen molar-refractivity contribution < 1.29 is 3.83 Å². The van der Waals surface area contributed by atoms with E-state index < -0.39 is 13.8 Å². The van der Waals surface area contributed by atoms with Crippen molar-refractivity contribution in [2.75, 3.05) is 23.4 Å². The van der Waals surface area contributed by atoms with E-state index in [1.165, 1.54) is 5.69 Å². The van der Waals surface area contributed by atoms with E-state index >= 15 is 0 Å². The number of anilines is 1. The molecule has 1 aromatic carbocycles. The SMILES string of the molecule is CC(C)NCCN1C[Se](=O)c2ccccc21. The molecule has 0 saturated carbocycles. The molecule has 0 fully saturated rings. The molecule has 0 radical (unpaired) electrons. The summed E-state index contributed by atoms with van der Waals surface area (Å²) in [5, 5.41) is 3.39. The Morgan fingerprint density at radius 2 is 2.19 bits per heavy atom. The summed E-state index contributed by atoms with van der Waals surface area (Å²) in [5.41, 5.74) is 1.91. The predicted octanol–water partition coefficient (Wildman–Crippen LogP) is 0.673. The molecule has 0 aromatic heterocycles. The number of fused-ring (bicyclic) bond motifs is 1. The van der Waals surface area contributed by atoms with Gasteiger partial charge in [0.25, 0.3) is 0 Å². The van der Waals surface area contributed by atoms with Crippen LogP contribution in [0.2, 0.25) is 0 Å². The Morgan fingerprint density at radius 3 is 2.94 bits per heavy atom. The summed E-state index contributed by atoms with van der Waals surface area (Å²) >= 11 is -1.79. The van der Waals surface area contributed by atoms with Crippen LogP contribution < -0.4 is 14.7 Å². The van der Waals surface area contributed by atoms with Gasteiger partial charge in [-0.2, -0.15) is 0 Å². The van der Waals surface area contributed by atoms with E-state index in [-0.39, 0.29) is 0 Å². The Balaban J connectivity index is 2.01. The first-order valence-corrected chi connectivity index (χ1v) is 8.41.